The Kier molecular flexibility index (Phi) is 3.63. The van der Waals surface area contributed by atoms with Gasteiger partial charge in [0.1, 0.15) is 0 Å². The molecule has 0 amide bonds. The third kappa shape index (κ3) is 4.06. The zero-order valence-corrected chi connectivity index (χ0v) is 7.00. The van der Waals surface area contributed by atoms with E-state index in [1.54, 1.807) is 13.8 Å². The molecular formula is C8H13F3. The molecule has 0 aliphatic heterocycles. The minimum absolute atomic E-state index is 0.0356. The fourth-order valence-electron chi connectivity index (χ4n) is 0.815. The van der Waals surface area contributed by atoms with E-state index < -0.39 is 11.7 Å². The van der Waals surface area contributed by atoms with Crippen LogP contribution < -0.4 is 0 Å². The van der Waals surface area contributed by atoms with Crippen LogP contribution in [0.3, 0.4) is 0 Å². The summed E-state index contributed by atoms with van der Waals surface area (Å²) in [7, 11) is 0. The van der Waals surface area contributed by atoms with Gasteiger partial charge in [0.15, 0.2) is 0 Å². The molecule has 0 radical (unpaired) electrons. The Morgan fingerprint density at radius 2 is 1.82 bits per heavy atom. The molecule has 0 saturated heterocycles. The standard InChI is InChI=1S/C8H13F3/c1-4-7(5-6(2)3)8(9,10)11/h5-6H,4H2,1-3H3/b7-5-. The zero-order valence-electron chi connectivity index (χ0n) is 7.00. The van der Waals surface area contributed by atoms with Crippen molar-refractivity contribution in [2.45, 2.75) is 33.4 Å². The number of rotatable bonds is 2. The van der Waals surface area contributed by atoms with Crippen molar-refractivity contribution in [3.63, 3.8) is 0 Å². The highest BCUT2D eigenvalue weighted by molar-refractivity contribution is 5.08. The van der Waals surface area contributed by atoms with Crippen molar-refractivity contribution < 1.29 is 13.2 Å². The fourth-order valence-corrected chi connectivity index (χ4v) is 0.815. The van der Waals surface area contributed by atoms with E-state index >= 15 is 0 Å². The molecule has 0 spiro atoms. The molecule has 0 atom stereocenters. The zero-order chi connectivity index (χ0) is 9.07. The maximum atomic E-state index is 12.0. The highest BCUT2D eigenvalue weighted by Crippen LogP contribution is 2.28. The van der Waals surface area contributed by atoms with Crippen LogP contribution in [0.25, 0.3) is 0 Å². The van der Waals surface area contributed by atoms with Crippen LogP contribution >= 0.6 is 0 Å². The monoisotopic (exact) mass is 166 g/mol. The molecule has 0 fully saturated rings. The van der Waals surface area contributed by atoms with Gasteiger partial charge in [-0.1, -0.05) is 26.8 Å². The first-order chi connectivity index (χ1) is 4.88. The molecule has 0 aliphatic carbocycles. The highest BCUT2D eigenvalue weighted by atomic mass is 19.4. The Bertz CT molecular complexity index is 142. The molecule has 0 N–H and O–H groups in total. The number of hydrogen-bond acceptors (Lipinski definition) is 0. The Labute approximate surface area is 65.1 Å². The van der Waals surface area contributed by atoms with Gasteiger partial charge in [0, 0.05) is 5.57 Å². The van der Waals surface area contributed by atoms with Crippen molar-refractivity contribution in [1.29, 1.82) is 0 Å². The van der Waals surface area contributed by atoms with Gasteiger partial charge in [-0.05, 0) is 12.3 Å². The van der Waals surface area contributed by atoms with Gasteiger partial charge in [-0.3, -0.25) is 0 Å². The Morgan fingerprint density at radius 3 is 1.91 bits per heavy atom. The molecule has 0 aromatic carbocycles. The molecule has 0 saturated carbocycles. The third-order valence-electron chi connectivity index (χ3n) is 1.28. The van der Waals surface area contributed by atoms with E-state index in [0.717, 1.165) is 0 Å². The van der Waals surface area contributed by atoms with E-state index in [4.69, 9.17) is 0 Å². The van der Waals surface area contributed by atoms with Crippen LogP contribution in [0.5, 0.6) is 0 Å². The molecule has 0 heterocycles. The fraction of sp³-hybridized carbons (Fsp3) is 0.750. The van der Waals surface area contributed by atoms with Crippen LogP contribution in [0.2, 0.25) is 0 Å². The smallest absolute Gasteiger partial charge is 0.166 e. The molecule has 3 heteroatoms. The molecule has 0 rings (SSSR count). The molecule has 0 nitrogen and oxygen atoms in total. The maximum absolute atomic E-state index is 12.0. The van der Waals surface area contributed by atoms with Gasteiger partial charge < -0.3 is 0 Å². The van der Waals surface area contributed by atoms with Crippen LogP contribution in [0, 0.1) is 5.92 Å². The molecule has 0 aliphatic rings. The van der Waals surface area contributed by atoms with Gasteiger partial charge in [0.2, 0.25) is 0 Å². The van der Waals surface area contributed by atoms with Crippen molar-refractivity contribution >= 4 is 0 Å². The third-order valence-corrected chi connectivity index (χ3v) is 1.28. The lowest BCUT2D eigenvalue weighted by Gasteiger charge is -2.10. The summed E-state index contributed by atoms with van der Waals surface area (Å²) in [6.07, 6.45) is -2.82. The maximum Gasteiger partial charge on any atom is 0.412 e. The van der Waals surface area contributed by atoms with E-state index in [0.29, 0.717) is 0 Å². The molecule has 0 unspecified atom stereocenters. The average Bonchev–Trinajstić information content (AvgIpc) is 1.79. The van der Waals surface area contributed by atoms with Crippen molar-refractivity contribution in [3.8, 4) is 0 Å². The summed E-state index contributed by atoms with van der Waals surface area (Å²) in [5.74, 6) is -0.0356. The summed E-state index contributed by atoms with van der Waals surface area (Å²) in [6, 6.07) is 0. The summed E-state index contributed by atoms with van der Waals surface area (Å²) in [5.41, 5.74) is -0.424. The molecule has 0 aromatic heterocycles. The number of allylic oxidation sites excluding steroid dienone is 2. The van der Waals surface area contributed by atoms with Gasteiger partial charge in [0.25, 0.3) is 0 Å². The van der Waals surface area contributed by atoms with Gasteiger partial charge in [-0.15, -0.1) is 0 Å². The second-order valence-electron chi connectivity index (χ2n) is 2.79. The lowest BCUT2D eigenvalue weighted by molar-refractivity contribution is -0.0940. The molecular weight excluding hydrogens is 153 g/mol. The first-order valence-electron chi connectivity index (χ1n) is 3.65. The van der Waals surface area contributed by atoms with E-state index in [1.807, 2.05) is 0 Å². The number of halogens is 3. The summed E-state index contributed by atoms with van der Waals surface area (Å²) >= 11 is 0. The predicted octanol–water partition coefficient (Wildman–Crippen LogP) is 3.54. The summed E-state index contributed by atoms with van der Waals surface area (Å²) < 4.78 is 36.0. The van der Waals surface area contributed by atoms with Crippen molar-refractivity contribution in [1.82, 2.24) is 0 Å². The van der Waals surface area contributed by atoms with Crippen LogP contribution in [0.15, 0.2) is 11.6 Å². The predicted molar refractivity (Wildman–Crippen MR) is 39.3 cm³/mol. The van der Waals surface area contributed by atoms with Crippen molar-refractivity contribution in [2.75, 3.05) is 0 Å². The molecule has 0 aromatic rings. The Hall–Kier alpha value is -0.470. The molecule has 0 bridgehead atoms. The molecule has 66 valence electrons. The Balaban J connectivity index is 4.41. The van der Waals surface area contributed by atoms with Crippen LogP contribution in [-0.2, 0) is 0 Å². The van der Waals surface area contributed by atoms with Gasteiger partial charge in [-0.25, -0.2) is 0 Å². The minimum Gasteiger partial charge on any atom is -0.166 e. The topological polar surface area (TPSA) is 0 Å². The highest BCUT2D eigenvalue weighted by Gasteiger charge is 2.31. The number of hydrogen-bond donors (Lipinski definition) is 0. The van der Waals surface area contributed by atoms with Crippen LogP contribution in [-0.4, -0.2) is 6.18 Å². The van der Waals surface area contributed by atoms with E-state index in [1.165, 1.54) is 13.0 Å². The van der Waals surface area contributed by atoms with E-state index in [9.17, 15) is 13.2 Å². The van der Waals surface area contributed by atoms with E-state index in [2.05, 4.69) is 0 Å². The normalized spacial score (nSPS) is 14.3. The van der Waals surface area contributed by atoms with Crippen molar-refractivity contribution in [2.24, 2.45) is 5.92 Å². The SMILES string of the molecule is CC/C(=C/C(C)C)C(F)(F)F. The summed E-state index contributed by atoms with van der Waals surface area (Å²) in [6.45, 7) is 4.99. The van der Waals surface area contributed by atoms with Gasteiger partial charge in [-0.2, -0.15) is 13.2 Å². The van der Waals surface area contributed by atoms with Gasteiger partial charge in [0.05, 0.1) is 0 Å². The largest absolute Gasteiger partial charge is 0.412 e. The van der Waals surface area contributed by atoms with Crippen LogP contribution in [0.1, 0.15) is 27.2 Å². The lowest BCUT2D eigenvalue weighted by Crippen LogP contribution is -2.11. The first kappa shape index (κ1) is 10.5. The second kappa shape index (κ2) is 3.79. The number of alkyl halides is 3. The summed E-state index contributed by atoms with van der Waals surface area (Å²) in [4.78, 5) is 0. The minimum atomic E-state index is -4.14. The summed E-state index contributed by atoms with van der Waals surface area (Å²) in [5, 5.41) is 0. The average molecular weight is 166 g/mol. The quantitative estimate of drug-likeness (QED) is 0.550. The van der Waals surface area contributed by atoms with Gasteiger partial charge >= 0.3 is 6.18 Å². The van der Waals surface area contributed by atoms with E-state index in [-0.39, 0.29) is 12.3 Å². The lowest BCUT2D eigenvalue weighted by atomic mass is 10.1. The van der Waals surface area contributed by atoms with Crippen LogP contribution in [0.4, 0.5) is 13.2 Å². The second-order valence-corrected chi connectivity index (χ2v) is 2.79. The first-order valence-corrected chi connectivity index (χ1v) is 3.65. The Morgan fingerprint density at radius 1 is 1.36 bits per heavy atom. The molecule has 11 heavy (non-hydrogen) atoms. The van der Waals surface area contributed by atoms with Crippen molar-refractivity contribution in [3.05, 3.63) is 11.6 Å².